The Morgan fingerprint density at radius 2 is 1.79 bits per heavy atom. The SMILES string of the molecule is C[C@H](Nc1nccc(N2C(=O)CC[C@H]2Cc2ccccc2)n1)c1ccccc1. The Balaban J connectivity index is 1.53. The van der Waals surface area contributed by atoms with Crippen LogP contribution in [0, 0.1) is 0 Å². The minimum absolute atomic E-state index is 0.0749. The van der Waals surface area contributed by atoms with Crippen LogP contribution < -0.4 is 10.2 Å². The molecule has 0 spiro atoms. The number of nitrogens with zero attached hydrogens (tertiary/aromatic N) is 3. The van der Waals surface area contributed by atoms with Gasteiger partial charge >= 0.3 is 0 Å². The number of nitrogens with one attached hydrogen (secondary N) is 1. The third-order valence-corrected chi connectivity index (χ3v) is 5.17. The third kappa shape index (κ3) is 4.03. The summed E-state index contributed by atoms with van der Waals surface area (Å²) in [5.41, 5.74) is 2.40. The lowest BCUT2D eigenvalue weighted by molar-refractivity contribution is -0.117. The van der Waals surface area contributed by atoms with Crippen molar-refractivity contribution in [2.24, 2.45) is 0 Å². The average molecular weight is 372 g/mol. The van der Waals surface area contributed by atoms with Crippen LogP contribution in [0.4, 0.5) is 11.8 Å². The van der Waals surface area contributed by atoms with Crippen LogP contribution in [0.15, 0.2) is 72.9 Å². The van der Waals surface area contributed by atoms with Crippen LogP contribution in [0.25, 0.3) is 0 Å². The van der Waals surface area contributed by atoms with Crippen molar-refractivity contribution in [1.82, 2.24) is 9.97 Å². The Kier molecular flexibility index (Phi) is 5.33. The van der Waals surface area contributed by atoms with Crippen molar-refractivity contribution < 1.29 is 4.79 Å². The highest BCUT2D eigenvalue weighted by Crippen LogP contribution is 2.28. The number of carbonyl (C=O) groups excluding carboxylic acids is 1. The molecule has 2 heterocycles. The van der Waals surface area contributed by atoms with Crippen molar-refractivity contribution in [3.8, 4) is 0 Å². The topological polar surface area (TPSA) is 58.1 Å². The first-order valence-electron chi connectivity index (χ1n) is 9.71. The molecule has 1 aliphatic heterocycles. The molecule has 5 nitrogen and oxygen atoms in total. The summed E-state index contributed by atoms with van der Waals surface area (Å²) in [6.07, 6.45) is 3.96. The molecule has 1 fully saturated rings. The van der Waals surface area contributed by atoms with Crippen LogP contribution in [-0.2, 0) is 11.2 Å². The zero-order valence-corrected chi connectivity index (χ0v) is 16.0. The highest BCUT2D eigenvalue weighted by Gasteiger charge is 2.33. The molecule has 1 aromatic heterocycles. The van der Waals surface area contributed by atoms with Crippen molar-refractivity contribution >= 4 is 17.7 Å². The molecule has 2 aromatic carbocycles. The van der Waals surface area contributed by atoms with Gasteiger partial charge in [-0.25, -0.2) is 4.98 Å². The van der Waals surface area contributed by atoms with E-state index in [4.69, 9.17) is 0 Å². The molecule has 142 valence electrons. The lowest BCUT2D eigenvalue weighted by Gasteiger charge is -2.24. The quantitative estimate of drug-likeness (QED) is 0.697. The number of rotatable bonds is 6. The smallest absolute Gasteiger partial charge is 0.228 e. The van der Waals surface area contributed by atoms with Crippen LogP contribution in [0.3, 0.4) is 0 Å². The number of benzene rings is 2. The van der Waals surface area contributed by atoms with Gasteiger partial charge in [0.2, 0.25) is 11.9 Å². The molecule has 0 unspecified atom stereocenters. The van der Waals surface area contributed by atoms with E-state index in [-0.39, 0.29) is 18.0 Å². The summed E-state index contributed by atoms with van der Waals surface area (Å²) in [6, 6.07) is 22.5. The Morgan fingerprint density at radius 1 is 1.07 bits per heavy atom. The number of hydrogen-bond acceptors (Lipinski definition) is 4. The monoisotopic (exact) mass is 372 g/mol. The maximum Gasteiger partial charge on any atom is 0.228 e. The first kappa shape index (κ1) is 18.2. The van der Waals surface area contributed by atoms with Crippen molar-refractivity contribution in [3.63, 3.8) is 0 Å². The van der Waals surface area contributed by atoms with E-state index in [0.717, 1.165) is 18.4 Å². The van der Waals surface area contributed by atoms with E-state index in [2.05, 4.69) is 46.5 Å². The van der Waals surface area contributed by atoms with Crippen LogP contribution in [0.5, 0.6) is 0 Å². The fourth-order valence-corrected chi connectivity index (χ4v) is 3.71. The van der Waals surface area contributed by atoms with Gasteiger partial charge in [-0.15, -0.1) is 0 Å². The normalized spacial score (nSPS) is 17.5. The maximum atomic E-state index is 12.6. The average Bonchev–Trinajstić information content (AvgIpc) is 3.09. The molecule has 3 aromatic rings. The highest BCUT2D eigenvalue weighted by molar-refractivity contribution is 5.95. The largest absolute Gasteiger partial charge is 0.348 e. The molecule has 0 saturated carbocycles. The predicted octanol–water partition coefficient (Wildman–Crippen LogP) is 4.39. The van der Waals surface area contributed by atoms with Crippen LogP contribution in [-0.4, -0.2) is 21.9 Å². The minimum atomic E-state index is 0.0749. The fourth-order valence-electron chi connectivity index (χ4n) is 3.71. The molecule has 4 rings (SSSR count). The lowest BCUT2D eigenvalue weighted by atomic mass is 10.0. The number of carbonyl (C=O) groups is 1. The molecule has 0 bridgehead atoms. The van der Waals surface area contributed by atoms with E-state index in [1.54, 1.807) is 6.20 Å². The Labute approximate surface area is 165 Å². The number of anilines is 2. The van der Waals surface area contributed by atoms with Crippen molar-refractivity contribution in [1.29, 1.82) is 0 Å². The molecular weight excluding hydrogens is 348 g/mol. The molecule has 28 heavy (non-hydrogen) atoms. The van der Waals surface area contributed by atoms with E-state index < -0.39 is 0 Å². The summed E-state index contributed by atoms with van der Waals surface area (Å²) in [6.45, 7) is 2.07. The number of hydrogen-bond donors (Lipinski definition) is 1. The summed E-state index contributed by atoms with van der Waals surface area (Å²) in [5.74, 6) is 1.33. The van der Waals surface area contributed by atoms with Gasteiger partial charge in [-0.1, -0.05) is 60.7 Å². The summed E-state index contributed by atoms with van der Waals surface area (Å²) >= 11 is 0. The molecular formula is C23H24N4O. The summed E-state index contributed by atoms with van der Waals surface area (Å²) in [7, 11) is 0. The second-order valence-corrected chi connectivity index (χ2v) is 7.16. The molecule has 0 radical (unpaired) electrons. The molecule has 1 saturated heterocycles. The standard InChI is InChI=1S/C23H24N4O/c1-17(19-10-6-3-7-11-19)25-23-24-15-14-21(26-23)27-20(12-13-22(27)28)16-18-8-4-2-5-9-18/h2-11,14-15,17,20H,12-13,16H2,1H3,(H,24,25,26)/t17-,20-/m0/s1. The van der Waals surface area contributed by atoms with E-state index in [1.807, 2.05) is 47.4 Å². The van der Waals surface area contributed by atoms with Crippen LogP contribution in [0.2, 0.25) is 0 Å². The van der Waals surface area contributed by atoms with Gasteiger partial charge in [-0.3, -0.25) is 9.69 Å². The van der Waals surface area contributed by atoms with E-state index >= 15 is 0 Å². The van der Waals surface area contributed by atoms with Gasteiger partial charge < -0.3 is 5.32 Å². The van der Waals surface area contributed by atoms with Gasteiger partial charge in [0.25, 0.3) is 0 Å². The third-order valence-electron chi connectivity index (χ3n) is 5.17. The van der Waals surface area contributed by atoms with Gasteiger partial charge in [-0.05, 0) is 37.0 Å². The fraction of sp³-hybridized carbons (Fsp3) is 0.261. The lowest BCUT2D eigenvalue weighted by Crippen LogP contribution is -2.35. The molecule has 1 aliphatic rings. The van der Waals surface area contributed by atoms with Crippen LogP contribution in [0.1, 0.15) is 36.9 Å². The summed E-state index contributed by atoms with van der Waals surface area (Å²) in [4.78, 5) is 23.4. The van der Waals surface area contributed by atoms with E-state index in [9.17, 15) is 4.79 Å². The van der Waals surface area contributed by atoms with Gasteiger partial charge in [-0.2, -0.15) is 4.98 Å². The Bertz CT molecular complexity index is 930. The summed E-state index contributed by atoms with van der Waals surface area (Å²) in [5, 5.41) is 3.34. The van der Waals surface area contributed by atoms with Gasteiger partial charge in [0.15, 0.2) is 0 Å². The van der Waals surface area contributed by atoms with E-state index in [0.29, 0.717) is 18.2 Å². The van der Waals surface area contributed by atoms with Gasteiger partial charge in [0.05, 0.1) is 6.04 Å². The molecule has 2 atom stereocenters. The van der Waals surface area contributed by atoms with Gasteiger partial charge in [0, 0.05) is 18.7 Å². The first-order chi connectivity index (χ1) is 13.7. The van der Waals surface area contributed by atoms with Crippen molar-refractivity contribution in [2.45, 2.75) is 38.3 Å². The second-order valence-electron chi connectivity index (χ2n) is 7.16. The highest BCUT2D eigenvalue weighted by atomic mass is 16.2. The van der Waals surface area contributed by atoms with Crippen LogP contribution >= 0.6 is 0 Å². The zero-order chi connectivity index (χ0) is 19.3. The van der Waals surface area contributed by atoms with E-state index in [1.165, 1.54) is 5.56 Å². The predicted molar refractivity (Wildman–Crippen MR) is 111 cm³/mol. The zero-order valence-electron chi connectivity index (χ0n) is 16.0. The van der Waals surface area contributed by atoms with Gasteiger partial charge in [0.1, 0.15) is 5.82 Å². The Morgan fingerprint density at radius 3 is 2.54 bits per heavy atom. The van der Waals surface area contributed by atoms with Crippen molar-refractivity contribution in [3.05, 3.63) is 84.1 Å². The molecule has 1 N–H and O–H groups in total. The first-order valence-corrected chi connectivity index (χ1v) is 9.71. The summed E-state index contributed by atoms with van der Waals surface area (Å²) < 4.78 is 0. The second kappa shape index (κ2) is 8.21. The molecule has 0 aliphatic carbocycles. The minimum Gasteiger partial charge on any atom is -0.348 e. The molecule has 5 heteroatoms. The molecule has 1 amide bonds. The Hall–Kier alpha value is -3.21. The maximum absolute atomic E-state index is 12.6. The number of amides is 1. The number of aromatic nitrogens is 2. The van der Waals surface area contributed by atoms with Crippen molar-refractivity contribution in [2.75, 3.05) is 10.2 Å².